The number of carbonyl (C=O) groups excluding carboxylic acids is 1. The van der Waals surface area contributed by atoms with Crippen LogP contribution in [0.1, 0.15) is 25.1 Å². The van der Waals surface area contributed by atoms with Gasteiger partial charge >= 0.3 is 5.97 Å². The summed E-state index contributed by atoms with van der Waals surface area (Å²) in [4.78, 5) is 13.6. The van der Waals surface area contributed by atoms with E-state index in [-0.39, 0.29) is 0 Å². The molecule has 0 unspecified atom stereocenters. The second-order valence-electron chi connectivity index (χ2n) is 7.94. The predicted octanol–water partition coefficient (Wildman–Crippen LogP) is 6.33. The molecule has 2 aromatic heterocycles. The van der Waals surface area contributed by atoms with Crippen molar-refractivity contribution in [3.05, 3.63) is 89.1 Å². The van der Waals surface area contributed by atoms with Crippen molar-refractivity contribution in [1.82, 2.24) is 9.78 Å². The van der Waals surface area contributed by atoms with Gasteiger partial charge in [0.15, 0.2) is 0 Å². The van der Waals surface area contributed by atoms with E-state index in [0.717, 1.165) is 32.3 Å². The monoisotopic (exact) mass is 478 g/mol. The summed E-state index contributed by atoms with van der Waals surface area (Å²) in [5, 5.41) is 15.8. The van der Waals surface area contributed by atoms with E-state index in [1.807, 2.05) is 66.7 Å². The van der Waals surface area contributed by atoms with Gasteiger partial charge in [-0.2, -0.15) is 5.10 Å². The summed E-state index contributed by atoms with van der Waals surface area (Å²) in [6, 6.07) is 21.3. The number of aliphatic hydroxyl groups is 1. The van der Waals surface area contributed by atoms with Crippen LogP contribution in [0, 0.1) is 0 Å². The molecule has 0 atom stereocenters. The summed E-state index contributed by atoms with van der Waals surface area (Å²) in [7, 11) is 1.36. The first-order chi connectivity index (χ1) is 15.8. The smallest absolute Gasteiger partial charge is 0.330 e. The van der Waals surface area contributed by atoms with Gasteiger partial charge < -0.3 is 9.84 Å². The molecule has 0 fully saturated rings. The average Bonchev–Trinajstić information content (AvgIpc) is 3.45. The van der Waals surface area contributed by atoms with Crippen LogP contribution in [-0.2, 0) is 15.1 Å². The summed E-state index contributed by atoms with van der Waals surface area (Å²) < 4.78 is 6.48. The number of benzene rings is 2. The van der Waals surface area contributed by atoms with Crippen LogP contribution in [0.3, 0.4) is 0 Å². The van der Waals surface area contributed by atoms with Gasteiger partial charge in [-0.15, -0.1) is 11.3 Å². The van der Waals surface area contributed by atoms with Gasteiger partial charge in [-0.05, 0) is 61.4 Å². The van der Waals surface area contributed by atoms with Crippen molar-refractivity contribution in [1.29, 1.82) is 0 Å². The average molecular weight is 479 g/mol. The largest absolute Gasteiger partial charge is 0.466 e. The minimum atomic E-state index is -1.10. The van der Waals surface area contributed by atoms with Crippen LogP contribution in [0.15, 0.2) is 72.8 Å². The van der Waals surface area contributed by atoms with Crippen LogP contribution in [-0.4, -0.2) is 28.0 Å². The van der Waals surface area contributed by atoms with Gasteiger partial charge in [0.05, 0.1) is 34.1 Å². The number of hydrogen-bond donors (Lipinski definition) is 1. The summed E-state index contributed by atoms with van der Waals surface area (Å²) in [6.07, 6.45) is 3.16. The summed E-state index contributed by atoms with van der Waals surface area (Å²) in [5.74, 6) is -0.403. The Morgan fingerprint density at radius 3 is 2.52 bits per heavy atom. The second-order valence-corrected chi connectivity index (χ2v) is 9.44. The zero-order chi connectivity index (χ0) is 23.6. The lowest BCUT2D eigenvalue weighted by molar-refractivity contribution is -0.134. The topological polar surface area (TPSA) is 64.3 Å². The normalized spacial score (nSPS) is 11.8. The van der Waals surface area contributed by atoms with Gasteiger partial charge in [0, 0.05) is 11.0 Å². The quantitative estimate of drug-likeness (QED) is 0.259. The standard InChI is InChI=1S/C26H23ClN2O3S/c1-26(2,31)24-16-21(29(28-24)20-11-7-6-10-19(20)27)23-14-13-22(33-23)18-9-5-4-8-17(18)12-15-25(30)32-3/h4-16,31H,1-3H3/b15-12+. The molecular formula is C26H23ClN2O3S. The van der Waals surface area contributed by atoms with Crippen molar-refractivity contribution in [2.45, 2.75) is 19.4 Å². The van der Waals surface area contributed by atoms with E-state index in [0.29, 0.717) is 10.7 Å². The van der Waals surface area contributed by atoms with E-state index in [4.69, 9.17) is 16.3 Å². The van der Waals surface area contributed by atoms with Crippen molar-refractivity contribution in [2.24, 2.45) is 0 Å². The Labute approximate surface area is 201 Å². The summed E-state index contributed by atoms with van der Waals surface area (Å²) >= 11 is 8.07. The number of carbonyl (C=O) groups is 1. The number of hydrogen-bond acceptors (Lipinski definition) is 5. The molecule has 0 saturated carbocycles. The van der Waals surface area contributed by atoms with Crippen molar-refractivity contribution in [3.8, 4) is 26.7 Å². The lowest BCUT2D eigenvalue weighted by Gasteiger charge is -2.13. The fraction of sp³-hybridized carbons (Fsp3) is 0.154. The Hall–Kier alpha value is -3.19. The van der Waals surface area contributed by atoms with Gasteiger partial charge in [-0.3, -0.25) is 0 Å². The molecule has 0 amide bonds. The lowest BCUT2D eigenvalue weighted by atomic mass is 10.1. The maximum Gasteiger partial charge on any atom is 0.330 e. The Balaban J connectivity index is 1.81. The first kappa shape index (κ1) is 23.0. The lowest BCUT2D eigenvalue weighted by Crippen LogP contribution is -2.16. The molecule has 168 valence electrons. The molecule has 0 spiro atoms. The van der Waals surface area contributed by atoms with E-state index in [1.165, 1.54) is 13.2 Å². The number of aromatic nitrogens is 2. The summed E-state index contributed by atoms with van der Waals surface area (Å²) in [6.45, 7) is 3.42. The third-order valence-corrected chi connectivity index (χ3v) is 6.56. The SMILES string of the molecule is COC(=O)/C=C/c1ccccc1-c1ccc(-c2cc(C(C)(C)O)nn2-c2ccccc2Cl)s1. The van der Waals surface area contributed by atoms with Gasteiger partial charge in [0.1, 0.15) is 5.60 Å². The molecule has 4 aromatic rings. The zero-order valence-corrected chi connectivity index (χ0v) is 20.0. The molecule has 0 saturated heterocycles. The fourth-order valence-electron chi connectivity index (χ4n) is 3.38. The highest BCUT2D eigenvalue weighted by Crippen LogP contribution is 2.39. The minimum Gasteiger partial charge on any atom is -0.466 e. The number of nitrogens with zero attached hydrogens (tertiary/aromatic N) is 2. The molecule has 4 rings (SSSR count). The maximum atomic E-state index is 11.6. The number of esters is 1. The Kier molecular flexibility index (Phi) is 6.51. The molecule has 0 aliphatic rings. The number of ether oxygens (including phenoxy) is 1. The van der Waals surface area contributed by atoms with Crippen LogP contribution in [0.25, 0.3) is 32.8 Å². The molecule has 33 heavy (non-hydrogen) atoms. The third-order valence-electron chi connectivity index (χ3n) is 5.10. The highest BCUT2D eigenvalue weighted by Gasteiger charge is 2.24. The molecule has 5 nitrogen and oxygen atoms in total. The van der Waals surface area contributed by atoms with Gasteiger partial charge in [0.2, 0.25) is 0 Å². The van der Waals surface area contributed by atoms with Crippen LogP contribution in [0.2, 0.25) is 5.02 Å². The van der Waals surface area contributed by atoms with Crippen LogP contribution in [0.5, 0.6) is 0 Å². The fourth-order valence-corrected chi connectivity index (χ4v) is 4.65. The number of halogens is 1. The Bertz CT molecular complexity index is 1330. The van der Waals surface area contributed by atoms with Gasteiger partial charge in [-0.1, -0.05) is 48.0 Å². The maximum absolute atomic E-state index is 11.6. The molecule has 0 bridgehead atoms. The van der Waals surface area contributed by atoms with E-state index < -0.39 is 11.6 Å². The van der Waals surface area contributed by atoms with E-state index in [9.17, 15) is 9.90 Å². The van der Waals surface area contributed by atoms with Gasteiger partial charge in [0.25, 0.3) is 0 Å². The van der Waals surface area contributed by atoms with Crippen LogP contribution >= 0.6 is 22.9 Å². The predicted molar refractivity (Wildman–Crippen MR) is 134 cm³/mol. The zero-order valence-electron chi connectivity index (χ0n) is 18.4. The Morgan fingerprint density at radius 1 is 1.09 bits per heavy atom. The van der Waals surface area contributed by atoms with E-state index in [1.54, 1.807) is 35.9 Å². The number of rotatable bonds is 6. The molecular weight excluding hydrogens is 456 g/mol. The minimum absolute atomic E-state index is 0.403. The highest BCUT2D eigenvalue weighted by molar-refractivity contribution is 7.18. The van der Waals surface area contributed by atoms with Crippen molar-refractivity contribution >= 4 is 35.0 Å². The molecule has 7 heteroatoms. The number of thiophene rings is 1. The number of methoxy groups -OCH3 is 1. The van der Waals surface area contributed by atoms with Crippen molar-refractivity contribution in [2.75, 3.05) is 7.11 Å². The molecule has 0 aliphatic heterocycles. The van der Waals surface area contributed by atoms with E-state index >= 15 is 0 Å². The molecule has 0 aliphatic carbocycles. The molecule has 1 N–H and O–H groups in total. The van der Waals surface area contributed by atoms with E-state index in [2.05, 4.69) is 5.10 Å². The van der Waals surface area contributed by atoms with Crippen LogP contribution < -0.4 is 0 Å². The first-order valence-electron chi connectivity index (χ1n) is 10.3. The summed E-state index contributed by atoms with van der Waals surface area (Å²) in [5.41, 5.74) is 2.93. The van der Waals surface area contributed by atoms with Gasteiger partial charge in [-0.25, -0.2) is 9.48 Å². The molecule has 2 aromatic carbocycles. The van der Waals surface area contributed by atoms with Crippen molar-refractivity contribution in [3.63, 3.8) is 0 Å². The first-order valence-corrected chi connectivity index (χ1v) is 11.5. The van der Waals surface area contributed by atoms with Crippen LogP contribution in [0.4, 0.5) is 0 Å². The Morgan fingerprint density at radius 2 is 1.79 bits per heavy atom. The van der Waals surface area contributed by atoms with Crippen molar-refractivity contribution < 1.29 is 14.6 Å². The number of para-hydroxylation sites is 1. The second kappa shape index (κ2) is 9.35. The molecule has 2 heterocycles. The highest BCUT2D eigenvalue weighted by atomic mass is 35.5. The molecule has 0 radical (unpaired) electrons. The third kappa shape index (κ3) is 4.93.